The first kappa shape index (κ1) is 33.4. The minimum atomic E-state index is -5.08. The molecule has 2 atom stereocenters. The number of carbonyl (C=O) groups excluding carboxylic acids is 2. The second-order valence-corrected chi connectivity index (χ2v) is 12.1. The molecule has 1 aromatic heterocycles. The number of nitrogen functional groups attached to an aromatic ring is 2. The van der Waals surface area contributed by atoms with E-state index in [9.17, 15) is 32.7 Å². The van der Waals surface area contributed by atoms with Crippen molar-refractivity contribution in [2.45, 2.75) is 27.6 Å². The SMILES string of the molecule is Nc1cc[n+](N)c(SCC2=C(C(=O)O)N3C(=O)[C@@H](NC(=O)CSc4cc(Cl)ccc4Cl)C3SC2)n1.O=C(O)C(F)(F)F. The van der Waals surface area contributed by atoms with Crippen LogP contribution < -0.4 is 21.6 Å². The third-order valence-corrected chi connectivity index (χ3v) is 9.41. The second-order valence-electron chi connectivity index (χ2n) is 8.21. The van der Waals surface area contributed by atoms with Crippen LogP contribution in [0.15, 0.2) is 51.8 Å². The molecule has 12 nitrogen and oxygen atoms in total. The Labute approximate surface area is 257 Å². The third kappa shape index (κ3) is 8.27. The molecule has 0 radical (unpaired) electrons. The molecule has 1 aromatic carbocycles. The van der Waals surface area contributed by atoms with Gasteiger partial charge in [-0.25, -0.2) is 9.59 Å². The minimum absolute atomic E-state index is 0.0248. The van der Waals surface area contributed by atoms with Gasteiger partial charge < -0.3 is 21.3 Å². The number of alkyl halides is 3. The lowest BCUT2D eigenvalue weighted by atomic mass is 10.0. The Kier molecular flexibility index (Phi) is 11.1. The standard InChI is InChI=1S/C20H18Cl2N6O4S3.C2HF3O2/c21-10-1-2-11(22)12(5-10)33-8-14(29)26-15-17(30)28-16(19(31)32)9(6-34-18(15)28)7-35-20-25-13(23)3-4-27(20)24;3-2(4,5)1(6)7/h1-5,15,18,23H,6-8,24H2,(H2,26,29,31,32);(H,6,7)/p+1/t15-,18?;/m1./s1. The smallest absolute Gasteiger partial charge is 0.477 e. The summed E-state index contributed by atoms with van der Waals surface area (Å²) in [6.07, 6.45) is -3.53. The third-order valence-electron chi connectivity index (χ3n) is 5.29. The van der Waals surface area contributed by atoms with Gasteiger partial charge in [-0.05, 0) is 40.5 Å². The molecule has 0 saturated carbocycles. The van der Waals surface area contributed by atoms with E-state index in [1.807, 2.05) is 0 Å². The van der Waals surface area contributed by atoms with Crippen LogP contribution in [0.25, 0.3) is 0 Å². The summed E-state index contributed by atoms with van der Waals surface area (Å²) in [6.45, 7) is 0. The van der Waals surface area contributed by atoms with Crippen LogP contribution >= 0.6 is 58.5 Å². The zero-order valence-electron chi connectivity index (χ0n) is 20.8. The average Bonchev–Trinajstić information content (AvgIpc) is 2.91. The summed E-state index contributed by atoms with van der Waals surface area (Å²) in [5.41, 5.74) is 6.17. The van der Waals surface area contributed by atoms with Crippen LogP contribution in [0.4, 0.5) is 19.0 Å². The molecule has 4 rings (SSSR count). The highest BCUT2D eigenvalue weighted by Gasteiger charge is 2.54. The molecular weight excluding hydrogens is 668 g/mol. The van der Waals surface area contributed by atoms with Gasteiger partial charge in [-0.1, -0.05) is 23.2 Å². The highest BCUT2D eigenvalue weighted by molar-refractivity contribution is 8.01. The van der Waals surface area contributed by atoms with Crippen LogP contribution in [0, 0.1) is 0 Å². The van der Waals surface area contributed by atoms with Gasteiger partial charge in [0.25, 0.3) is 5.91 Å². The molecular formula is C22H20Cl2F3N6O6S3+. The number of carbonyl (C=O) groups is 4. The minimum Gasteiger partial charge on any atom is -0.477 e. The molecule has 1 fully saturated rings. The summed E-state index contributed by atoms with van der Waals surface area (Å²) in [4.78, 5) is 52.3. The molecule has 1 unspecified atom stereocenters. The lowest BCUT2D eigenvalue weighted by molar-refractivity contribution is -0.682. The van der Waals surface area contributed by atoms with E-state index in [1.165, 1.54) is 44.9 Å². The van der Waals surface area contributed by atoms with Gasteiger partial charge in [0.2, 0.25) is 11.7 Å². The normalized spacial score (nSPS) is 17.9. The van der Waals surface area contributed by atoms with Gasteiger partial charge in [-0.2, -0.15) is 13.2 Å². The number of nitrogens with one attached hydrogen (secondary N) is 1. The van der Waals surface area contributed by atoms with Crippen molar-refractivity contribution >= 4 is 88.1 Å². The maximum atomic E-state index is 12.8. The number of carboxylic acid groups (broad SMARTS) is 2. The monoisotopic (exact) mass is 687 g/mol. The molecule has 226 valence electrons. The molecule has 7 N–H and O–H groups in total. The van der Waals surface area contributed by atoms with Crippen LogP contribution in [-0.2, 0) is 19.2 Å². The Balaban J connectivity index is 0.000000616. The maximum absolute atomic E-state index is 12.8. The highest BCUT2D eigenvalue weighted by atomic mass is 35.5. The van der Waals surface area contributed by atoms with Crippen molar-refractivity contribution in [2.24, 2.45) is 0 Å². The van der Waals surface area contributed by atoms with E-state index in [0.29, 0.717) is 31.4 Å². The summed E-state index contributed by atoms with van der Waals surface area (Å²) < 4.78 is 33.0. The summed E-state index contributed by atoms with van der Waals surface area (Å²) in [6, 6.07) is 5.68. The van der Waals surface area contributed by atoms with Gasteiger partial charge in [0.15, 0.2) is 0 Å². The first-order valence-electron chi connectivity index (χ1n) is 11.2. The van der Waals surface area contributed by atoms with Crippen LogP contribution in [0.3, 0.4) is 0 Å². The number of rotatable bonds is 8. The molecule has 42 heavy (non-hydrogen) atoms. The summed E-state index contributed by atoms with van der Waals surface area (Å²) >= 11 is 15.9. The number of thioether (sulfide) groups is 3. The molecule has 0 bridgehead atoms. The van der Waals surface area contributed by atoms with Crippen molar-refractivity contribution < 1.29 is 47.2 Å². The molecule has 2 aromatic rings. The first-order valence-corrected chi connectivity index (χ1v) is 15.0. The van der Waals surface area contributed by atoms with Gasteiger partial charge in [-0.3, -0.25) is 20.3 Å². The van der Waals surface area contributed by atoms with E-state index >= 15 is 0 Å². The zero-order valence-corrected chi connectivity index (χ0v) is 24.8. The number of benzene rings is 1. The van der Waals surface area contributed by atoms with E-state index in [0.717, 1.165) is 0 Å². The first-order chi connectivity index (χ1) is 19.6. The Morgan fingerprint density at radius 2 is 1.88 bits per heavy atom. The van der Waals surface area contributed by atoms with E-state index in [2.05, 4.69) is 10.3 Å². The van der Waals surface area contributed by atoms with Gasteiger partial charge >= 0.3 is 23.3 Å². The van der Waals surface area contributed by atoms with Crippen molar-refractivity contribution in [1.29, 1.82) is 0 Å². The Hall–Kier alpha value is -3.06. The number of halogens is 5. The quantitative estimate of drug-likeness (QED) is 0.0895. The highest BCUT2D eigenvalue weighted by Crippen LogP contribution is 2.41. The van der Waals surface area contributed by atoms with Crippen molar-refractivity contribution in [3.05, 3.63) is 51.8 Å². The number of amides is 2. The number of β-lactam (4-membered cyclic amide) rings is 1. The molecule has 1 saturated heterocycles. The fourth-order valence-electron chi connectivity index (χ4n) is 3.42. The lowest BCUT2D eigenvalue weighted by Gasteiger charge is -2.49. The average molecular weight is 689 g/mol. The van der Waals surface area contributed by atoms with Crippen LogP contribution in [-0.4, -0.2) is 78.7 Å². The maximum Gasteiger partial charge on any atom is 0.490 e. The molecule has 0 aliphatic carbocycles. The number of nitrogens with zero attached hydrogens (tertiary/aromatic N) is 3. The van der Waals surface area contributed by atoms with Gasteiger partial charge in [0.1, 0.15) is 23.3 Å². The summed E-state index contributed by atoms with van der Waals surface area (Å²) in [5, 5.41) is 20.5. The van der Waals surface area contributed by atoms with E-state index in [4.69, 9.17) is 44.7 Å². The van der Waals surface area contributed by atoms with Crippen molar-refractivity contribution in [3.8, 4) is 0 Å². The Morgan fingerprint density at radius 3 is 2.50 bits per heavy atom. The predicted molar refractivity (Wildman–Crippen MR) is 150 cm³/mol. The second kappa shape index (κ2) is 13.9. The van der Waals surface area contributed by atoms with Crippen molar-refractivity contribution in [2.75, 3.05) is 28.8 Å². The topological polar surface area (TPSA) is 193 Å². The van der Waals surface area contributed by atoms with E-state index in [1.54, 1.807) is 30.5 Å². The van der Waals surface area contributed by atoms with Gasteiger partial charge in [-0.15, -0.1) is 28.2 Å². The Morgan fingerprint density at radius 1 is 1.21 bits per heavy atom. The fraction of sp³-hybridized carbons (Fsp3) is 0.273. The van der Waals surface area contributed by atoms with Gasteiger partial charge in [0.05, 0.1) is 10.8 Å². The van der Waals surface area contributed by atoms with Crippen molar-refractivity contribution in [3.63, 3.8) is 0 Å². The number of hydrogen-bond acceptors (Lipinski definition) is 10. The molecule has 3 heterocycles. The summed E-state index contributed by atoms with van der Waals surface area (Å²) in [7, 11) is 0. The fourth-order valence-corrected chi connectivity index (χ4v) is 7.13. The number of aliphatic carboxylic acids is 2. The van der Waals surface area contributed by atoms with Crippen molar-refractivity contribution in [1.82, 2.24) is 15.2 Å². The number of nitrogens with two attached hydrogens (primary N) is 2. The number of hydrogen-bond donors (Lipinski definition) is 5. The molecule has 2 aliphatic heterocycles. The Bertz CT molecular complexity index is 1450. The van der Waals surface area contributed by atoms with E-state index in [-0.39, 0.29) is 28.9 Å². The van der Waals surface area contributed by atoms with E-state index < -0.39 is 35.4 Å². The molecule has 2 aliphatic rings. The molecule has 0 spiro atoms. The van der Waals surface area contributed by atoms with Crippen LogP contribution in [0.2, 0.25) is 10.0 Å². The molecule has 20 heteroatoms. The lowest BCUT2D eigenvalue weighted by Crippen LogP contribution is -2.70. The predicted octanol–water partition coefficient (Wildman–Crippen LogP) is 2.23. The van der Waals surface area contributed by atoms with Crippen LogP contribution in [0.5, 0.6) is 0 Å². The number of anilines is 1. The number of carboxylic acids is 2. The van der Waals surface area contributed by atoms with Crippen LogP contribution in [0.1, 0.15) is 0 Å². The molecule has 2 amide bonds. The zero-order chi connectivity index (χ0) is 31.4. The number of fused-ring (bicyclic) bond motifs is 1. The summed E-state index contributed by atoms with van der Waals surface area (Å²) in [5.74, 6) is 1.97. The number of aromatic nitrogens is 2. The van der Waals surface area contributed by atoms with Gasteiger partial charge in [0, 0.05) is 27.5 Å². The largest absolute Gasteiger partial charge is 0.490 e.